The van der Waals surface area contributed by atoms with Gasteiger partial charge in [-0.15, -0.1) is 0 Å². The van der Waals surface area contributed by atoms with Crippen molar-refractivity contribution in [3.63, 3.8) is 0 Å². The Bertz CT molecular complexity index is 237. The topological polar surface area (TPSA) is 9.23 Å². The van der Waals surface area contributed by atoms with E-state index in [2.05, 4.69) is 27.7 Å². The fraction of sp³-hybridized carbons (Fsp3) is 1.00. The molecule has 1 saturated carbocycles. The zero-order chi connectivity index (χ0) is 11.1. The van der Waals surface area contributed by atoms with Crippen LogP contribution in [0.15, 0.2) is 0 Å². The number of unbranched alkanes of at least 4 members (excludes halogenated alkanes) is 1. The smallest absolute Gasteiger partial charge is 0.0690 e. The summed E-state index contributed by atoms with van der Waals surface area (Å²) >= 11 is 0. The summed E-state index contributed by atoms with van der Waals surface area (Å²) in [4.78, 5) is 0. The SMILES string of the molecule is CCCCC1OC2(C)C[C@@]1(C)CC[C@@H]2C. The molecular formula is C14H26O. The molecule has 1 nitrogen and oxygen atoms in total. The van der Waals surface area contributed by atoms with Gasteiger partial charge >= 0.3 is 0 Å². The molecule has 88 valence electrons. The summed E-state index contributed by atoms with van der Waals surface area (Å²) in [5, 5.41) is 0. The van der Waals surface area contributed by atoms with E-state index in [9.17, 15) is 0 Å². The predicted molar refractivity (Wildman–Crippen MR) is 63.9 cm³/mol. The van der Waals surface area contributed by atoms with Crippen LogP contribution in [0.5, 0.6) is 0 Å². The Balaban J connectivity index is 2.09. The highest BCUT2D eigenvalue weighted by molar-refractivity contribution is 5.04. The van der Waals surface area contributed by atoms with Gasteiger partial charge in [0.05, 0.1) is 11.7 Å². The summed E-state index contributed by atoms with van der Waals surface area (Å²) in [7, 11) is 0. The standard InChI is InChI=1S/C14H26O/c1-5-6-7-12-13(3)9-8-11(2)14(4,10-13)15-12/h11-12H,5-10H2,1-4H3/t11-,12?,13+,14?/m0/s1. The highest BCUT2D eigenvalue weighted by Crippen LogP contribution is 2.56. The Morgan fingerprint density at radius 1 is 1.33 bits per heavy atom. The average molecular weight is 210 g/mol. The van der Waals surface area contributed by atoms with Gasteiger partial charge in [-0.2, -0.15) is 0 Å². The Hall–Kier alpha value is -0.0400. The van der Waals surface area contributed by atoms with Gasteiger partial charge in [0, 0.05) is 0 Å². The second-order valence-corrected chi connectivity index (χ2v) is 6.33. The summed E-state index contributed by atoms with van der Waals surface area (Å²) in [6.45, 7) is 9.42. The van der Waals surface area contributed by atoms with Crippen LogP contribution >= 0.6 is 0 Å². The molecule has 0 aromatic carbocycles. The molecule has 1 heteroatoms. The maximum atomic E-state index is 6.39. The van der Waals surface area contributed by atoms with E-state index >= 15 is 0 Å². The normalized spacial score (nSPS) is 49.6. The first kappa shape index (κ1) is 11.4. The van der Waals surface area contributed by atoms with Crippen molar-refractivity contribution < 1.29 is 4.74 Å². The lowest BCUT2D eigenvalue weighted by molar-refractivity contribution is -0.0638. The minimum Gasteiger partial charge on any atom is -0.371 e. The number of hydrogen-bond acceptors (Lipinski definition) is 1. The van der Waals surface area contributed by atoms with E-state index in [4.69, 9.17) is 4.74 Å². The van der Waals surface area contributed by atoms with Crippen LogP contribution in [0.4, 0.5) is 0 Å². The third-order valence-electron chi connectivity index (χ3n) is 4.95. The quantitative estimate of drug-likeness (QED) is 0.679. The molecule has 4 atom stereocenters. The van der Waals surface area contributed by atoms with E-state index in [-0.39, 0.29) is 5.60 Å². The van der Waals surface area contributed by atoms with Gasteiger partial charge in [-0.1, -0.05) is 33.6 Å². The lowest BCUT2D eigenvalue weighted by Gasteiger charge is -2.38. The van der Waals surface area contributed by atoms with E-state index in [1.807, 2.05) is 0 Å². The summed E-state index contributed by atoms with van der Waals surface area (Å²) in [5.41, 5.74) is 0.668. The van der Waals surface area contributed by atoms with Crippen LogP contribution in [-0.4, -0.2) is 11.7 Å². The van der Waals surface area contributed by atoms with Crippen LogP contribution in [0, 0.1) is 11.3 Å². The highest BCUT2D eigenvalue weighted by Gasteiger charge is 2.55. The van der Waals surface area contributed by atoms with Crippen molar-refractivity contribution in [2.24, 2.45) is 11.3 Å². The summed E-state index contributed by atoms with van der Waals surface area (Å²) in [6.07, 6.45) is 8.44. The van der Waals surface area contributed by atoms with Gasteiger partial charge in [-0.05, 0) is 43.9 Å². The van der Waals surface area contributed by atoms with Crippen molar-refractivity contribution in [3.05, 3.63) is 0 Å². The Labute approximate surface area is 94.6 Å². The molecule has 0 aromatic rings. The van der Waals surface area contributed by atoms with E-state index < -0.39 is 0 Å². The second kappa shape index (κ2) is 3.76. The van der Waals surface area contributed by atoms with Crippen LogP contribution in [0.25, 0.3) is 0 Å². The molecule has 0 aromatic heterocycles. The highest BCUT2D eigenvalue weighted by atomic mass is 16.5. The zero-order valence-electron chi connectivity index (χ0n) is 10.8. The van der Waals surface area contributed by atoms with Gasteiger partial charge in [-0.25, -0.2) is 0 Å². The van der Waals surface area contributed by atoms with Crippen molar-refractivity contribution in [3.8, 4) is 0 Å². The average Bonchev–Trinajstić information content (AvgIpc) is 2.40. The third kappa shape index (κ3) is 1.84. The largest absolute Gasteiger partial charge is 0.371 e. The predicted octanol–water partition coefficient (Wildman–Crippen LogP) is 4.16. The number of hydrogen-bond donors (Lipinski definition) is 0. The van der Waals surface area contributed by atoms with E-state index in [1.165, 1.54) is 38.5 Å². The van der Waals surface area contributed by atoms with Crippen LogP contribution in [0.3, 0.4) is 0 Å². The number of ether oxygens (including phenoxy) is 1. The molecule has 0 N–H and O–H groups in total. The van der Waals surface area contributed by atoms with Crippen molar-refractivity contribution >= 4 is 0 Å². The molecule has 2 fully saturated rings. The molecule has 15 heavy (non-hydrogen) atoms. The molecule has 1 heterocycles. The second-order valence-electron chi connectivity index (χ2n) is 6.33. The molecule has 2 rings (SSSR count). The lowest BCUT2D eigenvalue weighted by atomic mass is 9.65. The van der Waals surface area contributed by atoms with Gasteiger partial charge in [0.25, 0.3) is 0 Å². The summed E-state index contributed by atoms with van der Waals surface area (Å²) in [5.74, 6) is 0.747. The molecule has 2 unspecified atom stereocenters. The Morgan fingerprint density at radius 2 is 2.07 bits per heavy atom. The van der Waals surface area contributed by atoms with Crippen molar-refractivity contribution in [2.75, 3.05) is 0 Å². The molecule has 0 amide bonds. The molecule has 0 spiro atoms. The fourth-order valence-electron chi connectivity index (χ4n) is 3.61. The zero-order valence-corrected chi connectivity index (χ0v) is 10.8. The minimum atomic E-state index is 0.186. The molecule has 1 aliphatic carbocycles. The Morgan fingerprint density at radius 3 is 2.67 bits per heavy atom. The van der Waals surface area contributed by atoms with Crippen molar-refractivity contribution in [2.45, 2.75) is 77.9 Å². The third-order valence-corrected chi connectivity index (χ3v) is 4.95. The van der Waals surface area contributed by atoms with E-state index in [0.29, 0.717) is 11.5 Å². The first-order valence-corrected chi connectivity index (χ1v) is 6.68. The molecule has 2 bridgehead atoms. The van der Waals surface area contributed by atoms with Gasteiger partial charge < -0.3 is 4.74 Å². The monoisotopic (exact) mass is 210 g/mol. The summed E-state index contributed by atoms with van der Waals surface area (Å²) in [6, 6.07) is 0. The molecular weight excluding hydrogens is 184 g/mol. The first-order chi connectivity index (χ1) is 7.00. The molecule has 0 radical (unpaired) electrons. The van der Waals surface area contributed by atoms with Gasteiger partial charge in [0.2, 0.25) is 0 Å². The maximum absolute atomic E-state index is 6.39. The summed E-state index contributed by atoms with van der Waals surface area (Å²) < 4.78 is 6.39. The first-order valence-electron chi connectivity index (χ1n) is 6.68. The fourth-order valence-corrected chi connectivity index (χ4v) is 3.61. The van der Waals surface area contributed by atoms with Crippen LogP contribution < -0.4 is 0 Å². The van der Waals surface area contributed by atoms with Crippen LogP contribution in [0.1, 0.15) is 66.2 Å². The lowest BCUT2D eigenvalue weighted by Crippen LogP contribution is -2.37. The number of rotatable bonds is 3. The molecule has 1 saturated heterocycles. The van der Waals surface area contributed by atoms with Crippen molar-refractivity contribution in [1.82, 2.24) is 0 Å². The maximum Gasteiger partial charge on any atom is 0.0690 e. The van der Waals surface area contributed by atoms with Gasteiger partial charge in [0.1, 0.15) is 0 Å². The van der Waals surface area contributed by atoms with Crippen molar-refractivity contribution in [1.29, 1.82) is 0 Å². The van der Waals surface area contributed by atoms with E-state index in [0.717, 1.165) is 5.92 Å². The van der Waals surface area contributed by atoms with Gasteiger partial charge in [0.15, 0.2) is 0 Å². The van der Waals surface area contributed by atoms with Crippen LogP contribution in [-0.2, 0) is 4.74 Å². The Kier molecular flexibility index (Phi) is 2.87. The minimum absolute atomic E-state index is 0.186. The molecule has 2 aliphatic rings. The number of fused-ring (bicyclic) bond motifs is 2. The van der Waals surface area contributed by atoms with E-state index in [1.54, 1.807) is 0 Å². The van der Waals surface area contributed by atoms with Crippen LogP contribution in [0.2, 0.25) is 0 Å². The molecule has 1 aliphatic heterocycles. The van der Waals surface area contributed by atoms with Gasteiger partial charge in [-0.3, -0.25) is 0 Å².